The molecule has 2 rings (SSSR count). The van der Waals surface area contributed by atoms with Gasteiger partial charge in [-0.05, 0) is 12.8 Å². The number of sulfonamides is 1. The first-order chi connectivity index (χ1) is 10.7. The highest BCUT2D eigenvalue weighted by Gasteiger charge is 2.25. The molecular formula is C13H20N4O5S. The van der Waals surface area contributed by atoms with Gasteiger partial charge in [-0.2, -0.15) is 0 Å². The van der Waals surface area contributed by atoms with Crippen LogP contribution in [0.3, 0.4) is 0 Å². The molecule has 0 bridgehead atoms. The number of hydrogen-bond acceptors (Lipinski definition) is 5. The summed E-state index contributed by atoms with van der Waals surface area (Å²) in [5.74, 6) is -0.865. The summed E-state index contributed by atoms with van der Waals surface area (Å²) in [6.07, 6.45) is 1.70. The fourth-order valence-electron chi connectivity index (χ4n) is 2.43. The average molecular weight is 344 g/mol. The maximum absolute atomic E-state index is 12.1. The number of nitrogens with one attached hydrogen (secondary N) is 1. The van der Waals surface area contributed by atoms with Gasteiger partial charge in [0.2, 0.25) is 10.0 Å². The van der Waals surface area contributed by atoms with E-state index < -0.39 is 27.2 Å². The first kappa shape index (κ1) is 17.4. The quantitative estimate of drug-likeness (QED) is 0.680. The van der Waals surface area contributed by atoms with Crippen molar-refractivity contribution < 1.29 is 13.2 Å². The molecule has 1 N–H and O–H groups in total. The topological polar surface area (TPSA) is 110 Å². The van der Waals surface area contributed by atoms with Crippen LogP contribution in [0.4, 0.5) is 0 Å². The second-order valence-corrected chi connectivity index (χ2v) is 7.53. The van der Waals surface area contributed by atoms with E-state index in [0.29, 0.717) is 13.1 Å². The van der Waals surface area contributed by atoms with Crippen molar-refractivity contribution in [2.75, 3.05) is 25.4 Å². The van der Waals surface area contributed by atoms with Crippen LogP contribution in [0.1, 0.15) is 23.3 Å². The van der Waals surface area contributed by atoms with Crippen molar-refractivity contribution in [2.45, 2.75) is 12.8 Å². The number of carbonyl (C=O) groups is 1. The Hall–Kier alpha value is -1.94. The Morgan fingerprint density at radius 1 is 1.17 bits per heavy atom. The standard InChI is InChI=1S/C13H20N4O5S/c1-15-10(9-11(18)16(2)13(15)20)12(19)14-5-8-23(21,22)17-6-3-4-7-17/h9H,3-8H2,1-2H3,(H,14,19). The molecule has 23 heavy (non-hydrogen) atoms. The Kier molecular flexibility index (Phi) is 5.05. The second kappa shape index (κ2) is 6.67. The van der Waals surface area contributed by atoms with E-state index in [1.807, 2.05) is 0 Å². The summed E-state index contributed by atoms with van der Waals surface area (Å²) in [4.78, 5) is 35.4. The Labute approximate surface area is 133 Å². The molecule has 1 aromatic heterocycles. The summed E-state index contributed by atoms with van der Waals surface area (Å²) in [7, 11) is -0.700. The Morgan fingerprint density at radius 2 is 1.78 bits per heavy atom. The smallest absolute Gasteiger partial charge is 0.331 e. The second-order valence-electron chi connectivity index (χ2n) is 5.45. The minimum atomic E-state index is -3.39. The van der Waals surface area contributed by atoms with Crippen LogP contribution in [0.5, 0.6) is 0 Å². The highest BCUT2D eigenvalue weighted by molar-refractivity contribution is 7.89. The van der Waals surface area contributed by atoms with E-state index in [1.165, 1.54) is 18.4 Å². The van der Waals surface area contributed by atoms with Crippen LogP contribution >= 0.6 is 0 Å². The van der Waals surface area contributed by atoms with Gasteiger partial charge >= 0.3 is 5.69 Å². The lowest BCUT2D eigenvalue weighted by atomic mass is 10.3. The zero-order valence-corrected chi connectivity index (χ0v) is 13.9. The van der Waals surface area contributed by atoms with Gasteiger partial charge in [-0.25, -0.2) is 17.5 Å². The van der Waals surface area contributed by atoms with Gasteiger partial charge in [0.1, 0.15) is 5.69 Å². The predicted molar refractivity (Wildman–Crippen MR) is 83.9 cm³/mol. The van der Waals surface area contributed by atoms with Crippen molar-refractivity contribution in [2.24, 2.45) is 14.1 Å². The van der Waals surface area contributed by atoms with Gasteiger partial charge < -0.3 is 5.32 Å². The Morgan fingerprint density at radius 3 is 2.39 bits per heavy atom. The van der Waals surface area contributed by atoms with E-state index >= 15 is 0 Å². The van der Waals surface area contributed by atoms with E-state index in [-0.39, 0.29) is 18.0 Å². The zero-order valence-electron chi connectivity index (χ0n) is 13.1. The first-order valence-corrected chi connectivity index (χ1v) is 8.88. The summed E-state index contributed by atoms with van der Waals surface area (Å²) in [6, 6.07) is 1.05. The molecule has 0 aromatic carbocycles. The van der Waals surface area contributed by atoms with Gasteiger partial charge in [-0.3, -0.25) is 18.7 Å². The first-order valence-electron chi connectivity index (χ1n) is 7.27. The molecule has 128 valence electrons. The fourth-order valence-corrected chi connectivity index (χ4v) is 3.86. The van der Waals surface area contributed by atoms with Gasteiger partial charge in [-0.1, -0.05) is 0 Å². The molecule has 0 radical (unpaired) electrons. The van der Waals surface area contributed by atoms with Gasteiger partial charge in [0.05, 0.1) is 5.75 Å². The Balaban J connectivity index is 2.03. The minimum Gasteiger partial charge on any atom is -0.350 e. The van der Waals surface area contributed by atoms with Crippen LogP contribution in [0.15, 0.2) is 15.7 Å². The van der Waals surface area contributed by atoms with Crippen molar-refractivity contribution in [3.05, 3.63) is 32.6 Å². The maximum Gasteiger partial charge on any atom is 0.331 e. The maximum atomic E-state index is 12.1. The molecule has 1 fully saturated rings. The molecule has 0 unspecified atom stereocenters. The highest BCUT2D eigenvalue weighted by atomic mass is 32.2. The number of amides is 1. The van der Waals surface area contributed by atoms with Gasteiger partial charge in [-0.15, -0.1) is 0 Å². The molecule has 2 heterocycles. The molecule has 1 saturated heterocycles. The van der Waals surface area contributed by atoms with Gasteiger partial charge in [0.25, 0.3) is 11.5 Å². The zero-order chi connectivity index (χ0) is 17.2. The predicted octanol–water partition coefficient (Wildman–Crippen LogP) is -1.76. The van der Waals surface area contributed by atoms with Gasteiger partial charge in [0, 0.05) is 39.8 Å². The number of carbonyl (C=O) groups excluding carboxylic acids is 1. The van der Waals surface area contributed by atoms with E-state index in [1.54, 1.807) is 0 Å². The van der Waals surface area contributed by atoms with Crippen molar-refractivity contribution >= 4 is 15.9 Å². The molecule has 1 aliphatic rings. The van der Waals surface area contributed by atoms with Crippen molar-refractivity contribution in [3.63, 3.8) is 0 Å². The van der Waals surface area contributed by atoms with Crippen molar-refractivity contribution in [3.8, 4) is 0 Å². The lowest BCUT2D eigenvalue weighted by Gasteiger charge is -2.15. The lowest BCUT2D eigenvalue weighted by molar-refractivity contribution is 0.0946. The molecule has 9 nitrogen and oxygen atoms in total. The van der Waals surface area contributed by atoms with Crippen LogP contribution in [-0.2, 0) is 24.1 Å². The molecule has 1 aliphatic heterocycles. The normalized spacial score (nSPS) is 15.7. The third kappa shape index (κ3) is 3.70. The number of aromatic nitrogens is 2. The molecule has 1 amide bonds. The molecule has 0 atom stereocenters. The summed E-state index contributed by atoms with van der Waals surface area (Å²) in [6.45, 7) is 0.945. The van der Waals surface area contributed by atoms with Crippen LogP contribution in [0.2, 0.25) is 0 Å². The van der Waals surface area contributed by atoms with Crippen molar-refractivity contribution in [1.29, 1.82) is 0 Å². The molecule has 0 aliphatic carbocycles. The van der Waals surface area contributed by atoms with Gasteiger partial charge in [0.15, 0.2) is 0 Å². The lowest BCUT2D eigenvalue weighted by Crippen LogP contribution is -2.42. The Bertz CT molecular complexity index is 818. The summed E-state index contributed by atoms with van der Waals surface area (Å²) in [5.41, 5.74) is -1.31. The van der Waals surface area contributed by atoms with E-state index in [4.69, 9.17) is 0 Å². The molecule has 1 aromatic rings. The SMILES string of the molecule is Cn1c(C(=O)NCCS(=O)(=O)N2CCCC2)cc(=O)n(C)c1=O. The molecule has 10 heteroatoms. The number of nitrogens with zero attached hydrogens (tertiary/aromatic N) is 3. The summed E-state index contributed by atoms with van der Waals surface area (Å²) >= 11 is 0. The molecule has 0 saturated carbocycles. The average Bonchev–Trinajstić information content (AvgIpc) is 3.03. The van der Waals surface area contributed by atoms with Crippen LogP contribution in [0, 0.1) is 0 Å². The van der Waals surface area contributed by atoms with E-state index in [9.17, 15) is 22.8 Å². The summed E-state index contributed by atoms with van der Waals surface area (Å²) < 4.78 is 27.4. The van der Waals surface area contributed by atoms with E-state index in [0.717, 1.165) is 28.0 Å². The highest BCUT2D eigenvalue weighted by Crippen LogP contribution is 2.12. The third-order valence-corrected chi connectivity index (χ3v) is 5.73. The minimum absolute atomic E-state index is 0.0823. The third-order valence-electron chi connectivity index (χ3n) is 3.86. The van der Waals surface area contributed by atoms with Crippen LogP contribution in [-0.4, -0.2) is 53.2 Å². The number of rotatable bonds is 5. The van der Waals surface area contributed by atoms with Crippen LogP contribution in [0.25, 0.3) is 0 Å². The summed E-state index contributed by atoms with van der Waals surface area (Å²) in [5, 5.41) is 2.44. The largest absolute Gasteiger partial charge is 0.350 e. The fraction of sp³-hybridized carbons (Fsp3) is 0.615. The van der Waals surface area contributed by atoms with E-state index in [2.05, 4.69) is 5.32 Å². The number of hydrogen-bond donors (Lipinski definition) is 1. The monoisotopic (exact) mass is 344 g/mol. The van der Waals surface area contributed by atoms with Crippen molar-refractivity contribution in [1.82, 2.24) is 18.8 Å². The molecule has 0 spiro atoms. The molecular weight excluding hydrogens is 324 g/mol. The van der Waals surface area contributed by atoms with Crippen LogP contribution < -0.4 is 16.6 Å².